The predicted molar refractivity (Wildman–Crippen MR) is 76.8 cm³/mol. The van der Waals surface area contributed by atoms with Crippen molar-refractivity contribution in [3.8, 4) is 17.3 Å². The van der Waals surface area contributed by atoms with Crippen molar-refractivity contribution < 1.29 is 9.90 Å². The number of rotatable bonds is 3. The lowest BCUT2D eigenvalue weighted by atomic mass is 10.1. The summed E-state index contributed by atoms with van der Waals surface area (Å²) in [5, 5.41) is 22.9. The van der Waals surface area contributed by atoms with E-state index >= 15 is 0 Å². The third-order valence-electron chi connectivity index (χ3n) is 3.93. The van der Waals surface area contributed by atoms with E-state index in [0.717, 1.165) is 25.7 Å². The van der Waals surface area contributed by atoms with Crippen LogP contribution in [0.3, 0.4) is 0 Å². The monoisotopic (exact) mass is 281 g/mol. The Balaban J connectivity index is 2.07. The Morgan fingerprint density at radius 1 is 1.38 bits per heavy atom. The summed E-state index contributed by atoms with van der Waals surface area (Å²) in [6.45, 7) is 0. The highest BCUT2D eigenvalue weighted by Gasteiger charge is 2.23. The Labute approximate surface area is 122 Å². The van der Waals surface area contributed by atoms with Gasteiger partial charge in [0.2, 0.25) is 0 Å². The Morgan fingerprint density at radius 2 is 2.14 bits per heavy atom. The molecule has 1 heterocycles. The van der Waals surface area contributed by atoms with Crippen LogP contribution in [0.4, 0.5) is 0 Å². The van der Waals surface area contributed by atoms with Gasteiger partial charge < -0.3 is 5.11 Å². The van der Waals surface area contributed by atoms with Crippen molar-refractivity contribution in [2.45, 2.75) is 31.7 Å². The Morgan fingerprint density at radius 3 is 2.81 bits per heavy atom. The first-order valence-corrected chi connectivity index (χ1v) is 7.02. The molecular weight excluding hydrogens is 266 g/mol. The second kappa shape index (κ2) is 5.41. The molecule has 1 aromatic heterocycles. The zero-order valence-corrected chi connectivity index (χ0v) is 11.5. The molecular formula is C16H15N3O2. The minimum Gasteiger partial charge on any atom is -0.478 e. The van der Waals surface area contributed by atoms with Crippen molar-refractivity contribution in [2.75, 3.05) is 0 Å². The lowest BCUT2D eigenvalue weighted by Gasteiger charge is -2.08. The van der Waals surface area contributed by atoms with Crippen LogP contribution in [0.25, 0.3) is 11.3 Å². The lowest BCUT2D eigenvalue weighted by molar-refractivity contribution is 0.0697. The number of hydrogen-bond donors (Lipinski definition) is 1. The summed E-state index contributed by atoms with van der Waals surface area (Å²) in [4.78, 5) is 11.5. The minimum absolute atomic E-state index is 0.192. The van der Waals surface area contributed by atoms with Gasteiger partial charge in [-0.15, -0.1) is 0 Å². The molecule has 1 aromatic carbocycles. The van der Waals surface area contributed by atoms with Crippen molar-refractivity contribution in [2.24, 2.45) is 0 Å². The average Bonchev–Trinajstić information content (AvgIpc) is 3.16. The Kier molecular flexibility index (Phi) is 3.44. The number of aromatic nitrogens is 2. The van der Waals surface area contributed by atoms with Crippen LogP contribution in [0, 0.1) is 11.3 Å². The van der Waals surface area contributed by atoms with E-state index in [4.69, 9.17) is 5.26 Å². The fourth-order valence-corrected chi connectivity index (χ4v) is 2.85. The highest BCUT2D eigenvalue weighted by atomic mass is 16.4. The first kappa shape index (κ1) is 13.4. The van der Waals surface area contributed by atoms with Gasteiger partial charge in [-0.25, -0.2) is 4.79 Å². The van der Waals surface area contributed by atoms with E-state index in [1.54, 1.807) is 35.1 Å². The maximum Gasteiger partial charge on any atom is 0.339 e. The number of nitrogens with zero attached hydrogens (tertiary/aromatic N) is 3. The van der Waals surface area contributed by atoms with Gasteiger partial charge in [-0.05, 0) is 25.0 Å². The molecule has 2 aromatic rings. The fourth-order valence-electron chi connectivity index (χ4n) is 2.85. The molecule has 0 unspecified atom stereocenters. The summed E-state index contributed by atoms with van der Waals surface area (Å²) in [7, 11) is 0. The molecule has 3 rings (SSSR count). The Bertz CT molecular complexity index is 721. The van der Waals surface area contributed by atoms with Gasteiger partial charge in [-0.2, -0.15) is 10.4 Å². The van der Waals surface area contributed by atoms with E-state index in [-0.39, 0.29) is 11.6 Å². The number of carboxylic acids is 1. The maximum absolute atomic E-state index is 11.5. The van der Waals surface area contributed by atoms with Gasteiger partial charge in [0.25, 0.3) is 0 Å². The highest BCUT2D eigenvalue weighted by molar-refractivity contribution is 5.94. The number of carboxylic acid groups (broad SMARTS) is 1. The number of nitriles is 1. The fraction of sp³-hybridized carbons (Fsp3) is 0.312. The van der Waals surface area contributed by atoms with Crippen LogP contribution in [0.5, 0.6) is 0 Å². The largest absolute Gasteiger partial charge is 0.478 e. The molecule has 0 saturated heterocycles. The van der Waals surface area contributed by atoms with E-state index in [1.165, 1.54) is 0 Å². The molecule has 0 bridgehead atoms. The average molecular weight is 281 g/mol. The van der Waals surface area contributed by atoms with E-state index in [9.17, 15) is 9.90 Å². The minimum atomic E-state index is -0.989. The van der Waals surface area contributed by atoms with E-state index in [1.807, 2.05) is 0 Å². The van der Waals surface area contributed by atoms with Crippen LogP contribution in [0.1, 0.15) is 47.6 Å². The van der Waals surface area contributed by atoms with Crippen molar-refractivity contribution in [1.82, 2.24) is 9.78 Å². The number of benzene rings is 1. The van der Waals surface area contributed by atoms with Crippen molar-refractivity contribution in [3.63, 3.8) is 0 Å². The smallest absolute Gasteiger partial charge is 0.339 e. The maximum atomic E-state index is 11.5. The topological polar surface area (TPSA) is 78.9 Å². The van der Waals surface area contributed by atoms with Crippen LogP contribution in [0.2, 0.25) is 0 Å². The third kappa shape index (κ3) is 2.52. The van der Waals surface area contributed by atoms with E-state index in [2.05, 4.69) is 11.2 Å². The molecule has 0 atom stereocenters. The summed E-state index contributed by atoms with van der Waals surface area (Å²) in [5.41, 5.74) is 1.80. The van der Waals surface area contributed by atoms with Crippen LogP contribution >= 0.6 is 0 Å². The second-order valence-corrected chi connectivity index (χ2v) is 5.31. The molecule has 1 N–H and O–H groups in total. The standard InChI is InChI=1S/C16H15N3O2/c17-9-11-4-3-5-12(8-11)15-14(16(20)21)10-19(18-15)13-6-1-2-7-13/h3-5,8,10,13H,1-2,6-7H2,(H,20,21). The molecule has 5 nitrogen and oxygen atoms in total. The third-order valence-corrected chi connectivity index (χ3v) is 3.93. The van der Waals surface area contributed by atoms with Crippen LogP contribution < -0.4 is 0 Å². The molecule has 1 saturated carbocycles. The SMILES string of the molecule is N#Cc1cccc(-c2nn(C3CCCC3)cc2C(=O)O)c1. The number of hydrogen-bond acceptors (Lipinski definition) is 3. The van der Waals surface area contributed by atoms with Gasteiger partial charge in [0, 0.05) is 11.8 Å². The lowest BCUT2D eigenvalue weighted by Crippen LogP contribution is -2.05. The molecule has 5 heteroatoms. The van der Waals surface area contributed by atoms with Crippen LogP contribution in [-0.2, 0) is 0 Å². The van der Waals surface area contributed by atoms with E-state index in [0.29, 0.717) is 16.8 Å². The van der Waals surface area contributed by atoms with Crippen LogP contribution in [0.15, 0.2) is 30.5 Å². The zero-order chi connectivity index (χ0) is 14.8. The van der Waals surface area contributed by atoms with Gasteiger partial charge in [0.15, 0.2) is 0 Å². The molecule has 1 aliphatic carbocycles. The molecule has 0 amide bonds. The molecule has 106 valence electrons. The molecule has 21 heavy (non-hydrogen) atoms. The summed E-state index contributed by atoms with van der Waals surface area (Å²) < 4.78 is 1.78. The summed E-state index contributed by atoms with van der Waals surface area (Å²) >= 11 is 0. The molecule has 1 aliphatic rings. The summed E-state index contributed by atoms with van der Waals surface area (Å²) in [6, 6.07) is 9.25. The second-order valence-electron chi connectivity index (χ2n) is 5.31. The van der Waals surface area contributed by atoms with Crippen molar-refractivity contribution >= 4 is 5.97 Å². The molecule has 0 aliphatic heterocycles. The van der Waals surface area contributed by atoms with Crippen molar-refractivity contribution in [3.05, 3.63) is 41.6 Å². The quantitative estimate of drug-likeness (QED) is 0.936. The van der Waals surface area contributed by atoms with Gasteiger partial charge in [-0.1, -0.05) is 25.0 Å². The van der Waals surface area contributed by atoms with Gasteiger partial charge in [0.05, 0.1) is 17.7 Å². The molecule has 1 fully saturated rings. The van der Waals surface area contributed by atoms with Gasteiger partial charge in [0.1, 0.15) is 11.3 Å². The summed E-state index contributed by atoms with van der Waals surface area (Å²) in [6.07, 6.45) is 6.02. The van der Waals surface area contributed by atoms with Crippen molar-refractivity contribution in [1.29, 1.82) is 5.26 Å². The first-order valence-electron chi connectivity index (χ1n) is 7.02. The molecule has 0 spiro atoms. The van der Waals surface area contributed by atoms with Gasteiger partial charge in [-0.3, -0.25) is 4.68 Å². The zero-order valence-electron chi connectivity index (χ0n) is 11.5. The highest BCUT2D eigenvalue weighted by Crippen LogP contribution is 2.31. The Hall–Kier alpha value is -2.61. The summed E-state index contributed by atoms with van der Waals surface area (Å²) in [5.74, 6) is -0.989. The number of aromatic carboxylic acids is 1. The van der Waals surface area contributed by atoms with E-state index < -0.39 is 5.97 Å². The number of carbonyl (C=O) groups is 1. The van der Waals surface area contributed by atoms with Gasteiger partial charge >= 0.3 is 5.97 Å². The first-order chi connectivity index (χ1) is 10.2. The normalized spacial score (nSPS) is 15.0. The van der Waals surface area contributed by atoms with Crippen LogP contribution in [-0.4, -0.2) is 20.9 Å². The predicted octanol–water partition coefficient (Wildman–Crippen LogP) is 3.24. The molecule has 0 radical (unpaired) electrons.